The number of hydrogen-bond acceptors (Lipinski definition) is 4. The van der Waals surface area contributed by atoms with Crippen LogP contribution in [0, 0.1) is 11.2 Å². The minimum absolute atomic E-state index is 0.0265. The number of H-pyrrole nitrogens is 1. The average molecular weight is 491 g/mol. The zero-order valence-electron chi connectivity index (χ0n) is 21.4. The van der Waals surface area contributed by atoms with Gasteiger partial charge < -0.3 is 25.4 Å². The number of hydrogen-bond donors (Lipinski definition) is 3. The molecule has 4 rings (SSSR count). The molecule has 7 nitrogen and oxygen atoms in total. The molecule has 8 heteroatoms. The van der Waals surface area contributed by atoms with E-state index in [0.29, 0.717) is 17.7 Å². The Kier molecular flexibility index (Phi) is 8.59. The van der Waals surface area contributed by atoms with E-state index in [2.05, 4.69) is 59.2 Å². The molecule has 0 bridgehead atoms. The summed E-state index contributed by atoms with van der Waals surface area (Å²) in [6.07, 6.45) is 13.5. The summed E-state index contributed by atoms with van der Waals surface area (Å²) in [5, 5.41) is 17.0. The monoisotopic (exact) mass is 490 g/mol. The Bertz CT molecular complexity index is 1120. The number of likely N-dealkylation sites (tertiary alicyclic amines) is 1. The fraction of sp³-hybridized carbons (Fsp3) is 0.429. The Balaban J connectivity index is 1.36. The van der Waals surface area contributed by atoms with Gasteiger partial charge in [0.05, 0.1) is 6.04 Å². The first-order chi connectivity index (χ1) is 17.4. The number of nitrogens with one attached hydrogen (secondary N) is 3. The normalized spacial score (nSPS) is 19.7. The van der Waals surface area contributed by atoms with Crippen LogP contribution in [0.4, 0.5) is 4.39 Å². The second-order valence-corrected chi connectivity index (χ2v) is 9.52. The second-order valence-electron chi connectivity index (χ2n) is 9.52. The topological polar surface area (TPSA) is 85.1 Å². The number of nitrogens with zero attached hydrogens (tertiary/aromatic N) is 4. The molecule has 1 aromatic carbocycles. The highest BCUT2D eigenvalue weighted by Gasteiger charge is 2.27. The molecule has 192 valence electrons. The third-order valence-corrected chi connectivity index (χ3v) is 6.58. The minimum atomic E-state index is -0.237. The number of likely N-dealkylation sites (N-methyl/N-ethyl adjacent to an activating group) is 1. The van der Waals surface area contributed by atoms with Gasteiger partial charge in [0.1, 0.15) is 17.5 Å². The predicted octanol–water partition coefficient (Wildman–Crippen LogP) is 5.52. The van der Waals surface area contributed by atoms with E-state index >= 15 is 0 Å². The highest BCUT2D eigenvalue weighted by molar-refractivity contribution is 5.94. The summed E-state index contributed by atoms with van der Waals surface area (Å²) in [7, 11) is 0. The predicted molar refractivity (Wildman–Crippen MR) is 144 cm³/mol. The van der Waals surface area contributed by atoms with Crippen molar-refractivity contribution in [3.8, 4) is 0 Å². The summed E-state index contributed by atoms with van der Waals surface area (Å²) in [5.41, 5.74) is 1.83. The van der Waals surface area contributed by atoms with Crippen molar-refractivity contribution in [2.75, 3.05) is 26.2 Å². The Morgan fingerprint density at radius 1 is 1.42 bits per heavy atom. The molecule has 1 aromatic heterocycles. The van der Waals surface area contributed by atoms with Crippen LogP contribution in [0.15, 0.2) is 60.6 Å². The van der Waals surface area contributed by atoms with Gasteiger partial charge in [-0.05, 0) is 55.8 Å². The lowest BCUT2D eigenvalue weighted by Gasteiger charge is -2.40. The van der Waals surface area contributed by atoms with E-state index < -0.39 is 0 Å². The lowest BCUT2D eigenvalue weighted by molar-refractivity contribution is 0.355. The summed E-state index contributed by atoms with van der Waals surface area (Å²) in [6, 6.07) is 7.07. The molecule has 2 unspecified atom stereocenters. The van der Waals surface area contributed by atoms with Gasteiger partial charge >= 0.3 is 0 Å². The van der Waals surface area contributed by atoms with Gasteiger partial charge in [0.15, 0.2) is 0 Å². The number of aromatic nitrogens is 2. The molecule has 1 saturated heterocycles. The van der Waals surface area contributed by atoms with Gasteiger partial charge in [0.2, 0.25) is 0 Å². The fourth-order valence-corrected chi connectivity index (χ4v) is 4.71. The van der Waals surface area contributed by atoms with Crippen LogP contribution in [-0.2, 0) is 0 Å². The molecule has 0 saturated carbocycles. The number of benzene rings is 1. The molecule has 0 aliphatic carbocycles. The van der Waals surface area contributed by atoms with Gasteiger partial charge in [-0.1, -0.05) is 63.5 Å². The Morgan fingerprint density at radius 3 is 3.06 bits per heavy atom. The number of amidine groups is 1. The summed E-state index contributed by atoms with van der Waals surface area (Å²) in [4.78, 5) is 12.1. The van der Waals surface area contributed by atoms with Crippen LogP contribution < -0.4 is 5.32 Å². The summed E-state index contributed by atoms with van der Waals surface area (Å²) < 4.78 is 13.7. The molecule has 3 N–H and O–H groups in total. The van der Waals surface area contributed by atoms with Crippen LogP contribution >= 0.6 is 0 Å². The summed E-state index contributed by atoms with van der Waals surface area (Å²) >= 11 is 0. The maximum absolute atomic E-state index is 13.7. The minimum Gasteiger partial charge on any atom is -0.468 e. The smallest absolute Gasteiger partial charge is 0.130 e. The Hall–Kier alpha value is -3.39. The van der Waals surface area contributed by atoms with Crippen molar-refractivity contribution in [2.24, 2.45) is 0 Å². The Labute approximate surface area is 213 Å². The molecule has 0 radical (unpaired) electrons. The molecule has 2 atom stereocenters. The van der Waals surface area contributed by atoms with Crippen LogP contribution in [0.3, 0.4) is 0 Å². The van der Waals surface area contributed by atoms with E-state index in [1.807, 2.05) is 23.2 Å². The first kappa shape index (κ1) is 25.7. The number of aromatic amines is 1. The highest BCUT2D eigenvalue weighted by atomic mass is 19.1. The van der Waals surface area contributed by atoms with Crippen LogP contribution in [-0.4, -0.2) is 57.8 Å². The maximum Gasteiger partial charge on any atom is 0.130 e. The first-order valence-electron chi connectivity index (χ1n) is 12.9. The van der Waals surface area contributed by atoms with Crippen molar-refractivity contribution in [1.29, 1.82) is 5.41 Å². The molecular formula is C28H37FN7-. The SMILES string of the molecule is CCN(CCNC(C)C)C1=CC=CC(c2cnc(/C=C\C(=N)N3CCCC3c3cccc(F)c3)[nH]2)[N-]1. The van der Waals surface area contributed by atoms with Crippen molar-refractivity contribution in [1.82, 2.24) is 25.1 Å². The van der Waals surface area contributed by atoms with Crippen molar-refractivity contribution >= 4 is 11.9 Å². The second kappa shape index (κ2) is 12.0. The lowest BCUT2D eigenvalue weighted by Crippen LogP contribution is -2.34. The van der Waals surface area contributed by atoms with Gasteiger partial charge in [-0.2, -0.15) is 0 Å². The van der Waals surface area contributed by atoms with Gasteiger partial charge in [-0.3, -0.25) is 5.41 Å². The van der Waals surface area contributed by atoms with Gasteiger partial charge in [-0.15, -0.1) is 0 Å². The van der Waals surface area contributed by atoms with Crippen molar-refractivity contribution in [3.05, 3.63) is 88.8 Å². The molecule has 3 heterocycles. The van der Waals surface area contributed by atoms with Gasteiger partial charge in [0, 0.05) is 30.5 Å². The molecule has 0 spiro atoms. The zero-order valence-corrected chi connectivity index (χ0v) is 21.4. The maximum atomic E-state index is 13.7. The summed E-state index contributed by atoms with van der Waals surface area (Å²) in [5.74, 6) is 1.82. The molecule has 36 heavy (non-hydrogen) atoms. The fourth-order valence-electron chi connectivity index (χ4n) is 4.71. The molecule has 2 aliphatic rings. The van der Waals surface area contributed by atoms with Crippen LogP contribution in [0.25, 0.3) is 11.4 Å². The molecular weight excluding hydrogens is 453 g/mol. The number of halogens is 1. The number of imidazole rings is 1. The van der Waals surface area contributed by atoms with E-state index in [9.17, 15) is 4.39 Å². The van der Waals surface area contributed by atoms with Gasteiger partial charge in [-0.25, -0.2) is 9.37 Å². The van der Waals surface area contributed by atoms with Crippen LogP contribution in [0.2, 0.25) is 0 Å². The Morgan fingerprint density at radius 2 is 2.28 bits per heavy atom. The third-order valence-electron chi connectivity index (χ3n) is 6.58. The first-order valence-corrected chi connectivity index (χ1v) is 12.9. The van der Waals surface area contributed by atoms with Crippen molar-refractivity contribution in [3.63, 3.8) is 0 Å². The number of rotatable bonds is 10. The van der Waals surface area contributed by atoms with Crippen molar-refractivity contribution in [2.45, 2.75) is 51.7 Å². The molecule has 2 aromatic rings. The largest absolute Gasteiger partial charge is 0.468 e. The number of allylic oxidation sites excluding steroid dienone is 2. The van der Waals surface area contributed by atoms with E-state index in [1.54, 1.807) is 18.2 Å². The zero-order chi connectivity index (χ0) is 25.5. The van der Waals surface area contributed by atoms with E-state index in [-0.39, 0.29) is 17.9 Å². The standard InChI is InChI=1S/C28H37FN7/c1-4-35(17-15-31-20(2)3)28-12-6-10-23(34-28)24-19-32-27(33-24)14-13-26(30)36-16-7-11-25(36)21-8-5-9-22(29)18-21/h5-6,8-10,12-14,18-20,23,25,30-31H,4,7,11,15-17H2,1-3H3,(H,32,33)/q-1/b14-13-,30-26?. The highest BCUT2D eigenvalue weighted by Crippen LogP contribution is 2.33. The average Bonchev–Trinajstić information content (AvgIpc) is 3.55. The molecule has 0 amide bonds. The summed E-state index contributed by atoms with van der Waals surface area (Å²) in [6.45, 7) is 9.94. The quantitative estimate of drug-likeness (QED) is 0.302. The third kappa shape index (κ3) is 6.43. The van der Waals surface area contributed by atoms with E-state index in [1.165, 1.54) is 6.07 Å². The molecule has 1 fully saturated rings. The lowest BCUT2D eigenvalue weighted by atomic mass is 10.0. The molecule has 2 aliphatic heterocycles. The van der Waals surface area contributed by atoms with Crippen LogP contribution in [0.5, 0.6) is 0 Å². The van der Waals surface area contributed by atoms with Crippen molar-refractivity contribution < 1.29 is 4.39 Å². The van der Waals surface area contributed by atoms with Gasteiger partial charge in [0.25, 0.3) is 0 Å². The van der Waals surface area contributed by atoms with E-state index in [0.717, 1.165) is 56.1 Å². The van der Waals surface area contributed by atoms with Crippen LogP contribution in [0.1, 0.15) is 62.8 Å². The van der Waals surface area contributed by atoms with E-state index in [4.69, 9.17) is 10.7 Å².